The zero-order valence-corrected chi connectivity index (χ0v) is 11.9. The van der Waals surface area contributed by atoms with Crippen LogP contribution in [-0.4, -0.2) is 32.8 Å². The molecule has 1 heterocycles. The zero-order valence-electron chi connectivity index (χ0n) is 10.7. The van der Waals surface area contributed by atoms with E-state index < -0.39 is 8.80 Å². The highest BCUT2D eigenvalue weighted by molar-refractivity contribution is 6.61. The maximum absolute atomic E-state index is 2.66. The summed E-state index contributed by atoms with van der Waals surface area (Å²) in [6, 6.07) is 0.665. The van der Waals surface area contributed by atoms with E-state index in [1.165, 1.54) is 45.2 Å². The van der Waals surface area contributed by atoms with Crippen LogP contribution in [0.15, 0.2) is 11.8 Å². The summed E-state index contributed by atoms with van der Waals surface area (Å²) in [6.45, 7) is 9.75. The van der Waals surface area contributed by atoms with E-state index in [4.69, 9.17) is 0 Å². The third-order valence-corrected chi connectivity index (χ3v) is 4.23. The highest BCUT2D eigenvalue weighted by atomic mass is 28.3. The first-order valence-corrected chi connectivity index (χ1v) is 9.60. The van der Waals surface area contributed by atoms with E-state index in [2.05, 4.69) is 36.7 Å². The second kappa shape index (κ2) is 7.23. The van der Waals surface area contributed by atoms with Crippen molar-refractivity contribution in [3.63, 3.8) is 0 Å². The Bertz CT molecular complexity index is 181. The van der Waals surface area contributed by atoms with Gasteiger partial charge in [0.05, 0.1) is 8.80 Å². The van der Waals surface area contributed by atoms with Crippen LogP contribution in [-0.2, 0) is 0 Å². The van der Waals surface area contributed by atoms with Crippen LogP contribution in [0.5, 0.6) is 0 Å². The molecule has 1 fully saturated rings. The Balaban J connectivity index is 2.37. The molecule has 0 N–H and O–H groups in total. The van der Waals surface area contributed by atoms with Gasteiger partial charge in [-0.05, 0) is 32.9 Å². The smallest absolute Gasteiger partial charge is 0.0550 e. The number of hydrogen-bond donors (Lipinski definition) is 0. The number of likely N-dealkylation sites (tertiary alicyclic amines) is 1. The van der Waals surface area contributed by atoms with Crippen molar-refractivity contribution < 1.29 is 0 Å². The molecule has 0 aliphatic carbocycles. The maximum atomic E-state index is 2.66. The van der Waals surface area contributed by atoms with Gasteiger partial charge in [-0.3, -0.25) is 4.90 Å². The fourth-order valence-corrected chi connectivity index (χ4v) is 2.95. The Hall–Kier alpha value is -0.0831. The maximum Gasteiger partial charge on any atom is 0.0550 e. The molecule has 0 bridgehead atoms. The van der Waals surface area contributed by atoms with Gasteiger partial charge in [-0.25, -0.2) is 0 Å². The topological polar surface area (TPSA) is 3.24 Å². The highest BCUT2D eigenvalue weighted by Crippen LogP contribution is 2.13. The monoisotopic (exact) mass is 225 g/mol. The number of hydrogen-bond acceptors (Lipinski definition) is 1. The molecule has 0 saturated carbocycles. The third-order valence-electron chi connectivity index (χ3n) is 3.24. The highest BCUT2D eigenvalue weighted by Gasteiger charge is 2.12. The Morgan fingerprint density at radius 1 is 1.00 bits per heavy atom. The van der Waals surface area contributed by atoms with Crippen molar-refractivity contribution in [2.45, 2.75) is 58.2 Å². The predicted molar refractivity (Wildman–Crippen MR) is 72.1 cm³/mol. The van der Waals surface area contributed by atoms with Crippen molar-refractivity contribution in [1.82, 2.24) is 4.90 Å². The molecule has 15 heavy (non-hydrogen) atoms. The number of nitrogens with zero attached hydrogens (tertiary/aromatic N) is 1. The van der Waals surface area contributed by atoms with E-state index in [9.17, 15) is 0 Å². The molecule has 88 valence electrons. The summed E-state index contributed by atoms with van der Waals surface area (Å²) in [7, 11) is -0.508. The first-order valence-electron chi connectivity index (χ1n) is 6.62. The van der Waals surface area contributed by atoms with Gasteiger partial charge in [0.25, 0.3) is 0 Å². The van der Waals surface area contributed by atoms with Crippen LogP contribution < -0.4 is 0 Å². The average molecular weight is 225 g/mol. The molecule has 0 spiro atoms. The lowest BCUT2D eigenvalue weighted by atomic mass is 10.1. The fraction of sp³-hybridized carbons (Fsp3) is 0.846. The molecule has 0 aromatic carbocycles. The van der Waals surface area contributed by atoms with E-state index in [-0.39, 0.29) is 0 Å². The van der Waals surface area contributed by atoms with Crippen molar-refractivity contribution in [3.8, 4) is 0 Å². The van der Waals surface area contributed by atoms with Gasteiger partial charge >= 0.3 is 0 Å². The largest absolute Gasteiger partial charge is 0.297 e. The summed E-state index contributed by atoms with van der Waals surface area (Å²) in [5.41, 5.74) is 2.48. The van der Waals surface area contributed by atoms with Gasteiger partial charge in [-0.1, -0.05) is 38.4 Å². The molecule has 1 unspecified atom stereocenters. The quantitative estimate of drug-likeness (QED) is 0.667. The van der Waals surface area contributed by atoms with Crippen molar-refractivity contribution in [2.24, 2.45) is 0 Å². The molecule has 1 rings (SSSR count). The van der Waals surface area contributed by atoms with Crippen LogP contribution in [0.1, 0.15) is 39.0 Å². The van der Waals surface area contributed by atoms with Gasteiger partial charge in [0, 0.05) is 6.04 Å². The molecule has 0 aromatic rings. The van der Waals surface area contributed by atoms with Gasteiger partial charge in [0.15, 0.2) is 0 Å². The minimum absolute atomic E-state index is 0.508. The van der Waals surface area contributed by atoms with E-state index in [1.807, 2.05) is 0 Å². The van der Waals surface area contributed by atoms with Crippen LogP contribution >= 0.6 is 0 Å². The Labute approximate surface area is 97.2 Å². The fourth-order valence-electron chi connectivity index (χ4n) is 2.18. The molecule has 1 saturated heterocycles. The van der Waals surface area contributed by atoms with Crippen molar-refractivity contribution in [1.29, 1.82) is 0 Å². The number of rotatable bonds is 3. The Kier molecular flexibility index (Phi) is 6.26. The molecule has 2 heteroatoms. The van der Waals surface area contributed by atoms with Crippen LogP contribution in [0.25, 0.3) is 0 Å². The molecule has 0 aromatic heterocycles. The minimum Gasteiger partial charge on any atom is -0.297 e. The summed E-state index contributed by atoms with van der Waals surface area (Å²) in [5, 5.41) is 0. The van der Waals surface area contributed by atoms with Gasteiger partial charge in [0.1, 0.15) is 0 Å². The Morgan fingerprint density at radius 2 is 1.53 bits per heavy atom. The lowest BCUT2D eigenvalue weighted by Crippen LogP contribution is -2.34. The SMILES string of the molecule is CC(C=C[SiH](C)C)N1CCCCCCC1. The summed E-state index contributed by atoms with van der Waals surface area (Å²) >= 11 is 0. The standard InChI is InChI=1S/C13H27NSi/c1-13(9-12-15(2)3)14-10-7-5-4-6-8-11-14/h9,12-13,15H,4-8,10-11H2,1-3H3. The van der Waals surface area contributed by atoms with E-state index in [0.29, 0.717) is 6.04 Å². The normalized spacial score (nSPS) is 22.9. The minimum atomic E-state index is -0.508. The molecular formula is C13H27NSi. The van der Waals surface area contributed by atoms with Crippen LogP contribution in [0.4, 0.5) is 0 Å². The van der Waals surface area contributed by atoms with Crippen molar-refractivity contribution in [2.75, 3.05) is 13.1 Å². The summed E-state index contributed by atoms with van der Waals surface area (Å²) in [6.07, 6.45) is 9.57. The molecule has 1 atom stereocenters. The summed E-state index contributed by atoms with van der Waals surface area (Å²) in [4.78, 5) is 2.66. The first-order chi connectivity index (χ1) is 7.20. The molecule has 1 aliphatic rings. The van der Waals surface area contributed by atoms with Crippen LogP contribution in [0.3, 0.4) is 0 Å². The molecule has 0 radical (unpaired) electrons. The van der Waals surface area contributed by atoms with Gasteiger partial charge < -0.3 is 0 Å². The van der Waals surface area contributed by atoms with Gasteiger partial charge in [0.2, 0.25) is 0 Å². The second-order valence-corrected chi connectivity index (χ2v) is 8.05. The van der Waals surface area contributed by atoms with Crippen molar-refractivity contribution >= 4 is 8.80 Å². The molecule has 1 aliphatic heterocycles. The predicted octanol–water partition coefficient (Wildman–Crippen LogP) is 3.22. The lowest BCUT2D eigenvalue weighted by molar-refractivity contribution is 0.219. The summed E-state index contributed by atoms with van der Waals surface area (Å²) < 4.78 is 0. The summed E-state index contributed by atoms with van der Waals surface area (Å²) in [5.74, 6) is 0. The average Bonchev–Trinajstić information content (AvgIpc) is 2.13. The van der Waals surface area contributed by atoms with Crippen molar-refractivity contribution in [3.05, 3.63) is 11.8 Å². The molecule has 1 nitrogen and oxygen atoms in total. The molecule has 0 amide bonds. The Morgan fingerprint density at radius 3 is 2.07 bits per heavy atom. The zero-order chi connectivity index (χ0) is 11.1. The first kappa shape index (κ1) is 13.0. The second-order valence-electron chi connectivity index (χ2n) is 5.17. The van der Waals surface area contributed by atoms with Gasteiger partial charge in [-0.2, -0.15) is 0 Å². The van der Waals surface area contributed by atoms with Gasteiger partial charge in [-0.15, -0.1) is 5.70 Å². The molecular weight excluding hydrogens is 198 g/mol. The van der Waals surface area contributed by atoms with Crippen LogP contribution in [0, 0.1) is 0 Å². The van der Waals surface area contributed by atoms with E-state index >= 15 is 0 Å². The van der Waals surface area contributed by atoms with E-state index in [1.54, 1.807) is 0 Å². The van der Waals surface area contributed by atoms with Crippen LogP contribution in [0.2, 0.25) is 13.1 Å². The lowest BCUT2D eigenvalue weighted by Gasteiger charge is -2.28. The third kappa shape index (κ3) is 5.52. The van der Waals surface area contributed by atoms with E-state index in [0.717, 1.165) is 0 Å².